The first kappa shape index (κ1) is 18.4. The molecule has 27 heavy (non-hydrogen) atoms. The molecule has 1 fully saturated rings. The predicted octanol–water partition coefficient (Wildman–Crippen LogP) is 2.30. The normalized spacial score (nSPS) is 15.4. The topological polar surface area (TPSA) is 106 Å². The highest BCUT2D eigenvalue weighted by molar-refractivity contribution is 6.09. The number of nitrogens with two attached hydrogens (primary N) is 1. The molecule has 0 aromatic heterocycles. The summed E-state index contributed by atoms with van der Waals surface area (Å²) in [7, 11) is 1.77. The number of aryl methyl sites for hydroxylation is 1. The van der Waals surface area contributed by atoms with Crippen LogP contribution in [0, 0.1) is 5.41 Å². The predicted molar refractivity (Wildman–Crippen MR) is 108 cm³/mol. The Kier molecular flexibility index (Phi) is 5.40. The first-order valence-corrected chi connectivity index (χ1v) is 8.76. The third kappa shape index (κ3) is 4.08. The fourth-order valence-corrected chi connectivity index (χ4v) is 3.19. The maximum atomic E-state index is 10.7. The summed E-state index contributed by atoms with van der Waals surface area (Å²) in [5.41, 5.74) is 9.25. The molecule has 0 bridgehead atoms. The maximum Gasteiger partial charge on any atom is 0.303 e. The fraction of sp³-hybridized carbons (Fsp3) is 0.250. The third-order valence-electron chi connectivity index (χ3n) is 4.60. The number of nitrogens with one attached hydrogen (secondary N) is 1. The number of hydrogen-bond donors (Lipinski definition) is 3. The Morgan fingerprint density at radius 1 is 1.07 bits per heavy atom. The number of nitrogen functional groups attached to an aromatic ring is 1. The van der Waals surface area contributed by atoms with E-state index in [9.17, 15) is 4.79 Å². The first-order chi connectivity index (χ1) is 13.0. The van der Waals surface area contributed by atoms with E-state index in [-0.39, 0.29) is 12.3 Å². The number of aliphatic imine (C=N–C) groups is 1. The number of carboxylic acid groups (broad SMARTS) is 1. The second-order valence-electron chi connectivity index (χ2n) is 6.35. The lowest BCUT2D eigenvalue weighted by Gasteiger charge is -2.23. The van der Waals surface area contributed by atoms with Crippen LogP contribution in [0.25, 0.3) is 0 Å². The molecule has 0 unspecified atom stereocenters. The average molecular weight is 365 g/mol. The average Bonchev–Trinajstić information content (AvgIpc) is 3.10. The largest absolute Gasteiger partial charge is 0.481 e. The van der Waals surface area contributed by atoms with Crippen molar-refractivity contribution in [3.63, 3.8) is 0 Å². The molecular formula is C20H23N5O2. The van der Waals surface area contributed by atoms with E-state index in [1.54, 1.807) is 7.05 Å². The van der Waals surface area contributed by atoms with Crippen molar-refractivity contribution in [2.75, 3.05) is 29.9 Å². The zero-order chi connectivity index (χ0) is 19.4. The molecular weight excluding hydrogens is 342 g/mol. The third-order valence-corrected chi connectivity index (χ3v) is 4.60. The Morgan fingerprint density at radius 3 is 2.04 bits per heavy atom. The van der Waals surface area contributed by atoms with Gasteiger partial charge in [0.05, 0.1) is 0 Å². The summed E-state index contributed by atoms with van der Waals surface area (Å²) in [5.74, 6) is 0.117. The van der Waals surface area contributed by atoms with E-state index in [2.05, 4.69) is 14.8 Å². The summed E-state index contributed by atoms with van der Waals surface area (Å²) in [6, 6.07) is 15.5. The number of carboxylic acids is 1. The lowest BCUT2D eigenvalue weighted by atomic mass is 10.1. The van der Waals surface area contributed by atoms with Crippen molar-refractivity contribution in [1.29, 1.82) is 5.41 Å². The molecule has 7 nitrogen and oxygen atoms in total. The van der Waals surface area contributed by atoms with Crippen molar-refractivity contribution >= 4 is 29.1 Å². The Morgan fingerprint density at radius 2 is 1.59 bits per heavy atom. The number of carbonyl (C=O) groups is 1. The van der Waals surface area contributed by atoms with Gasteiger partial charge in [0.15, 0.2) is 0 Å². The lowest BCUT2D eigenvalue weighted by molar-refractivity contribution is -0.136. The molecule has 0 aliphatic carbocycles. The SMILES string of the molecule is C/N=C1\N(c2ccc(CCC(=O)O)cc2)CCN1c1ccc(C(=N)N)cc1. The molecule has 0 amide bonds. The van der Waals surface area contributed by atoms with Gasteiger partial charge in [-0.05, 0) is 48.4 Å². The molecule has 0 radical (unpaired) electrons. The van der Waals surface area contributed by atoms with E-state index in [0.29, 0.717) is 12.0 Å². The molecule has 3 rings (SSSR count). The van der Waals surface area contributed by atoms with Crippen molar-refractivity contribution in [3.05, 3.63) is 59.7 Å². The highest BCUT2D eigenvalue weighted by Crippen LogP contribution is 2.26. The van der Waals surface area contributed by atoms with Crippen LogP contribution in [0.3, 0.4) is 0 Å². The van der Waals surface area contributed by atoms with Gasteiger partial charge in [0.2, 0.25) is 5.96 Å². The van der Waals surface area contributed by atoms with E-state index < -0.39 is 5.97 Å². The second-order valence-corrected chi connectivity index (χ2v) is 6.35. The van der Waals surface area contributed by atoms with Crippen LogP contribution in [-0.2, 0) is 11.2 Å². The van der Waals surface area contributed by atoms with E-state index in [1.165, 1.54) is 0 Å². The standard InChI is InChI=1S/C20H23N5O2/c1-23-20-24(16-7-2-14(3-8-16)4-11-18(26)27)12-13-25(20)17-9-5-15(6-10-17)19(21)22/h2-3,5-10H,4,11-13H2,1H3,(H3,21,22)(H,26,27)/b23-20+. The van der Waals surface area contributed by atoms with Crippen LogP contribution in [0.4, 0.5) is 11.4 Å². The molecule has 1 aliphatic rings. The summed E-state index contributed by atoms with van der Waals surface area (Å²) in [5, 5.41) is 16.3. The smallest absolute Gasteiger partial charge is 0.303 e. The van der Waals surface area contributed by atoms with E-state index in [0.717, 1.165) is 36.0 Å². The summed E-state index contributed by atoms with van der Waals surface area (Å²) in [4.78, 5) is 19.4. The molecule has 1 aliphatic heterocycles. The Labute approximate surface area is 158 Å². The van der Waals surface area contributed by atoms with Gasteiger partial charge in [-0.1, -0.05) is 12.1 Å². The van der Waals surface area contributed by atoms with Crippen LogP contribution in [0.15, 0.2) is 53.5 Å². The number of aliphatic carboxylic acids is 1. The molecule has 2 aromatic rings. The summed E-state index contributed by atoms with van der Waals surface area (Å²) >= 11 is 0. The van der Waals surface area contributed by atoms with Gasteiger partial charge in [-0.3, -0.25) is 15.2 Å². The minimum Gasteiger partial charge on any atom is -0.481 e. The Bertz CT molecular complexity index is 859. The molecule has 1 saturated heterocycles. The van der Waals surface area contributed by atoms with E-state index in [4.69, 9.17) is 16.2 Å². The van der Waals surface area contributed by atoms with Crippen molar-refractivity contribution < 1.29 is 9.90 Å². The van der Waals surface area contributed by atoms with Crippen molar-refractivity contribution in [2.24, 2.45) is 10.7 Å². The number of anilines is 2. The van der Waals surface area contributed by atoms with Gasteiger partial charge in [-0.15, -0.1) is 0 Å². The molecule has 7 heteroatoms. The molecule has 140 valence electrons. The molecule has 0 saturated carbocycles. The summed E-state index contributed by atoms with van der Waals surface area (Å²) in [6.45, 7) is 1.60. The van der Waals surface area contributed by atoms with Crippen LogP contribution >= 0.6 is 0 Å². The highest BCUT2D eigenvalue weighted by Gasteiger charge is 2.28. The zero-order valence-electron chi connectivity index (χ0n) is 15.2. The maximum absolute atomic E-state index is 10.7. The molecule has 2 aromatic carbocycles. The molecule has 4 N–H and O–H groups in total. The minimum absolute atomic E-state index is 0.0527. The first-order valence-electron chi connectivity index (χ1n) is 8.76. The number of guanidine groups is 1. The van der Waals surface area contributed by atoms with Gasteiger partial charge < -0.3 is 20.6 Å². The molecule has 1 heterocycles. The van der Waals surface area contributed by atoms with Crippen LogP contribution < -0.4 is 15.5 Å². The number of nitrogens with zero attached hydrogens (tertiary/aromatic N) is 3. The quantitative estimate of drug-likeness (QED) is 0.538. The van der Waals surface area contributed by atoms with Gasteiger partial charge in [-0.25, -0.2) is 0 Å². The van der Waals surface area contributed by atoms with Crippen LogP contribution in [0.1, 0.15) is 17.5 Å². The number of rotatable bonds is 6. The molecule has 0 spiro atoms. The fourth-order valence-electron chi connectivity index (χ4n) is 3.19. The van der Waals surface area contributed by atoms with Crippen molar-refractivity contribution in [3.8, 4) is 0 Å². The number of hydrogen-bond acceptors (Lipinski definition) is 3. The van der Waals surface area contributed by atoms with Gasteiger partial charge in [0, 0.05) is 43.5 Å². The minimum atomic E-state index is -0.787. The Balaban J connectivity index is 1.76. The monoisotopic (exact) mass is 365 g/mol. The van der Waals surface area contributed by atoms with Crippen molar-refractivity contribution in [2.45, 2.75) is 12.8 Å². The number of benzene rings is 2. The van der Waals surface area contributed by atoms with Gasteiger partial charge in [0.1, 0.15) is 5.84 Å². The van der Waals surface area contributed by atoms with Gasteiger partial charge in [0.25, 0.3) is 0 Å². The van der Waals surface area contributed by atoms with E-state index in [1.807, 2.05) is 48.5 Å². The zero-order valence-corrected chi connectivity index (χ0v) is 15.2. The molecule has 0 atom stereocenters. The van der Waals surface area contributed by atoms with Crippen LogP contribution in [0.5, 0.6) is 0 Å². The van der Waals surface area contributed by atoms with Crippen molar-refractivity contribution in [1.82, 2.24) is 0 Å². The second kappa shape index (κ2) is 7.90. The highest BCUT2D eigenvalue weighted by atomic mass is 16.4. The van der Waals surface area contributed by atoms with Crippen LogP contribution in [-0.4, -0.2) is 43.0 Å². The lowest BCUT2D eigenvalue weighted by Crippen LogP contribution is -2.33. The van der Waals surface area contributed by atoms with Crippen LogP contribution in [0.2, 0.25) is 0 Å². The Hall–Kier alpha value is -3.35. The van der Waals surface area contributed by atoms with Gasteiger partial charge >= 0.3 is 5.97 Å². The summed E-state index contributed by atoms with van der Waals surface area (Å²) in [6.07, 6.45) is 0.660. The summed E-state index contributed by atoms with van der Waals surface area (Å²) < 4.78 is 0. The van der Waals surface area contributed by atoms with E-state index >= 15 is 0 Å². The van der Waals surface area contributed by atoms with Gasteiger partial charge in [-0.2, -0.15) is 0 Å². The number of amidine groups is 1.